The molecule has 0 aromatic heterocycles. The molecule has 0 amide bonds. The van der Waals surface area contributed by atoms with Gasteiger partial charge < -0.3 is 9.47 Å². The Kier molecular flexibility index (Phi) is 3.50. The first-order valence-corrected chi connectivity index (χ1v) is 7.87. The zero-order valence-electron chi connectivity index (χ0n) is 10.6. The van der Waals surface area contributed by atoms with Gasteiger partial charge in [-0.2, -0.15) is 0 Å². The smallest absolute Gasteiger partial charge is 0.128 e. The minimum atomic E-state index is 0.0322. The van der Waals surface area contributed by atoms with Crippen LogP contribution in [0.2, 0.25) is 0 Å². The molecule has 4 heteroatoms. The normalized spacial score (nSPS) is 45.7. The fourth-order valence-corrected chi connectivity index (χ4v) is 4.36. The summed E-state index contributed by atoms with van der Waals surface area (Å²) >= 11 is 10.2. The summed E-state index contributed by atoms with van der Waals surface area (Å²) in [6, 6.07) is 0. The van der Waals surface area contributed by atoms with Gasteiger partial charge in [-0.15, -0.1) is 11.6 Å². The highest BCUT2D eigenvalue weighted by Gasteiger charge is 2.63. The maximum Gasteiger partial charge on any atom is 0.128 e. The molecular weight excluding hydrogens is 316 g/mol. The molecule has 3 heterocycles. The second-order valence-electron chi connectivity index (χ2n) is 5.23. The van der Waals surface area contributed by atoms with Crippen LogP contribution in [-0.2, 0) is 9.47 Å². The molecule has 0 aromatic carbocycles. The third-order valence-electron chi connectivity index (χ3n) is 4.26. The molecule has 3 aliphatic rings. The van der Waals surface area contributed by atoms with Gasteiger partial charge in [-0.1, -0.05) is 35.0 Å². The van der Waals surface area contributed by atoms with Crippen molar-refractivity contribution in [2.45, 2.75) is 50.4 Å². The minimum Gasteiger partial charge on any atom is -0.491 e. The Morgan fingerprint density at radius 3 is 3.00 bits per heavy atom. The SMILES string of the molecule is CC=CC(Cl)C1C2CC3OC(=C(Br)CC)C1C3O2. The average molecular weight is 334 g/mol. The lowest BCUT2D eigenvalue weighted by Crippen LogP contribution is -2.34. The molecule has 0 aliphatic carbocycles. The molecule has 100 valence electrons. The quantitative estimate of drug-likeness (QED) is 0.574. The van der Waals surface area contributed by atoms with Gasteiger partial charge in [0.05, 0.1) is 17.4 Å². The van der Waals surface area contributed by atoms with Crippen LogP contribution in [0, 0.1) is 11.8 Å². The van der Waals surface area contributed by atoms with Crippen LogP contribution in [0.5, 0.6) is 0 Å². The van der Waals surface area contributed by atoms with Crippen LogP contribution in [0.3, 0.4) is 0 Å². The number of alkyl halides is 1. The van der Waals surface area contributed by atoms with Gasteiger partial charge in [0, 0.05) is 16.8 Å². The van der Waals surface area contributed by atoms with Gasteiger partial charge in [-0.25, -0.2) is 0 Å². The van der Waals surface area contributed by atoms with E-state index in [9.17, 15) is 0 Å². The van der Waals surface area contributed by atoms with Gasteiger partial charge in [0.15, 0.2) is 0 Å². The van der Waals surface area contributed by atoms with E-state index in [1.165, 1.54) is 4.48 Å². The molecule has 3 saturated heterocycles. The molecule has 3 fully saturated rings. The third-order valence-corrected chi connectivity index (χ3v) is 5.65. The molecule has 0 saturated carbocycles. The number of halogens is 2. The summed E-state index contributed by atoms with van der Waals surface area (Å²) in [5.41, 5.74) is 0. The molecule has 3 aliphatic heterocycles. The van der Waals surface area contributed by atoms with E-state index in [4.69, 9.17) is 21.1 Å². The van der Waals surface area contributed by atoms with E-state index >= 15 is 0 Å². The third kappa shape index (κ3) is 1.78. The minimum absolute atomic E-state index is 0.0322. The molecule has 0 spiro atoms. The number of allylic oxidation sites excluding steroid dienone is 3. The molecule has 0 aromatic rings. The zero-order valence-corrected chi connectivity index (χ0v) is 12.9. The largest absolute Gasteiger partial charge is 0.491 e. The highest BCUT2D eigenvalue weighted by atomic mass is 79.9. The maximum absolute atomic E-state index is 6.53. The van der Waals surface area contributed by atoms with Gasteiger partial charge >= 0.3 is 0 Å². The van der Waals surface area contributed by atoms with Crippen LogP contribution >= 0.6 is 27.5 Å². The summed E-state index contributed by atoms with van der Waals surface area (Å²) in [4.78, 5) is 0. The number of hydrogen-bond acceptors (Lipinski definition) is 2. The van der Waals surface area contributed by atoms with Crippen molar-refractivity contribution in [2.24, 2.45) is 11.8 Å². The van der Waals surface area contributed by atoms with Crippen molar-refractivity contribution in [1.29, 1.82) is 0 Å². The molecule has 18 heavy (non-hydrogen) atoms. The van der Waals surface area contributed by atoms with Crippen molar-refractivity contribution in [3.8, 4) is 0 Å². The maximum atomic E-state index is 6.53. The second kappa shape index (κ2) is 4.84. The lowest BCUT2D eigenvalue weighted by Gasteiger charge is -2.25. The number of fused-ring (bicyclic) bond motifs is 1. The summed E-state index contributed by atoms with van der Waals surface area (Å²) in [6.45, 7) is 4.14. The first kappa shape index (κ1) is 13.0. The summed E-state index contributed by atoms with van der Waals surface area (Å²) in [5, 5.41) is 0.0322. The Bertz CT molecular complexity index is 405. The molecule has 6 unspecified atom stereocenters. The molecule has 6 atom stereocenters. The van der Waals surface area contributed by atoms with Crippen molar-refractivity contribution in [3.05, 3.63) is 22.4 Å². The standard InChI is InChI=1S/C14H18BrClO2/c1-3-5-8(16)11-9-6-10-14(17-9)12(11)13(18-10)7(15)4-2/h3,5,8-12,14H,4,6H2,1-2H3. The van der Waals surface area contributed by atoms with E-state index in [2.05, 4.69) is 28.9 Å². The summed E-state index contributed by atoms with van der Waals surface area (Å²) in [7, 11) is 0. The summed E-state index contributed by atoms with van der Waals surface area (Å²) < 4.78 is 13.3. The van der Waals surface area contributed by atoms with Crippen molar-refractivity contribution in [3.63, 3.8) is 0 Å². The van der Waals surface area contributed by atoms with Crippen LogP contribution in [-0.4, -0.2) is 23.7 Å². The van der Waals surface area contributed by atoms with E-state index in [0.717, 1.165) is 18.6 Å². The first-order chi connectivity index (χ1) is 8.67. The highest BCUT2D eigenvalue weighted by Crippen LogP contribution is 2.56. The van der Waals surface area contributed by atoms with Gasteiger partial charge in [-0.05, 0) is 13.3 Å². The van der Waals surface area contributed by atoms with Crippen molar-refractivity contribution in [1.82, 2.24) is 0 Å². The second-order valence-corrected chi connectivity index (χ2v) is 6.69. The van der Waals surface area contributed by atoms with Gasteiger partial charge in [-0.3, -0.25) is 0 Å². The van der Waals surface area contributed by atoms with Crippen molar-refractivity contribution >= 4 is 27.5 Å². The van der Waals surface area contributed by atoms with E-state index < -0.39 is 0 Å². The highest BCUT2D eigenvalue weighted by molar-refractivity contribution is 9.11. The van der Waals surface area contributed by atoms with Crippen LogP contribution in [0.25, 0.3) is 0 Å². The van der Waals surface area contributed by atoms with Gasteiger partial charge in [0.1, 0.15) is 18.0 Å². The van der Waals surface area contributed by atoms with Crippen LogP contribution < -0.4 is 0 Å². The van der Waals surface area contributed by atoms with Crippen LogP contribution in [0.15, 0.2) is 22.4 Å². The van der Waals surface area contributed by atoms with Crippen LogP contribution in [0.1, 0.15) is 26.7 Å². The average Bonchev–Trinajstić information content (AvgIpc) is 2.95. The van der Waals surface area contributed by atoms with Crippen molar-refractivity contribution < 1.29 is 9.47 Å². The molecular formula is C14H18BrClO2. The number of hydrogen-bond donors (Lipinski definition) is 0. The fraction of sp³-hybridized carbons (Fsp3) is 0.714. The lowest BCUT2D eigenvalue weighted by atomic mass is 9.77. The topological polar surface area (TPSA) is 18.5 Å². The van der Waals surface area contributed by atoms with E-state index in [1.807, 2.05) is 13.0 Å². The first-order valence-electron chi connectivity index (χ1n) is 6.64. The van der Waals surface area contributed by atoms with Crippen LogP contribution in [0.4, 0.5) is 0 Å². The Labute approximate surface area is 121 Å². The lowest BCUT2D eigenvalue weighted by molar-refractivity contribution is 0.0690. The van der Waals surface area contributed by atoms with Gasteiger partial charge in [0.25, 0.3) is 0 Å². The Hall–Kier alpha value is 0.01000. The molecule has 2 bridgehead atoms. The summed E-state index contributed by atoms with van der Waals surface area (Å²) in [6.07, 6.45) is 6.77. The zero-order chi connectivity index (χ0) is 12.9. The Morgan fingerprint density at radius 2 is 2.33 bits per heavy atom. The fourth-order valence-electron chi connectivity index (χ4n) is 3.54. The Balaban J connectivity index is 1.94. The monoisotopic (exact) mass is 332 g/mol. The molecule has 0 N–H and O–H groups in total. The predicted octanol–water partition coefficient (Wildman–Crippen LogP) is 3.99. The van der Waals surface area contributed by atoms with Gasteiger partial charge in [0.2, 0.25) is 0 Å². The predicted molar refractivity (Wildman–Crippen MR) is 75.8 cm³/mol. The summed E-state index contributed by atoms with van der Waals surface area (Å²) in [5.74, 6) is 1.77. The molecule has 3 rings (SSSR count). The molecule has 2 nitrogen and oxygen atoms in total. The van der Waals surface area contributed by atoms with E-state index in [0.29, 0.717) is 11.8 Å². The molecule has 0 radical (unpaired) electrons. The van der Waals surface area contributed by atoms with E-state index in [1.54, 1.807) is 0 Å². The number of rotatable bonds is 3. The number of ether oxygens (including phenoxy) is 2. The van der Waals surface area contributed by atoms with E-state index in [-0.39, 0.29) is 23.7 Å². The van der Waals surface area contributed by atoms with Crippen molar-refractivity contribution in [2.75, 3.05) is 0 Å². The Morgan fingerprint density at radius 1 is 1.56 bits per heavy atom.